The molecule has 1 aromatic carbocycles. The summed E-state index contributed by atoms with van der Waals surface area (Å²) in [6.07, 6.45) is 1.15. The van der Waals surface area contributed by atoms with Crippen molar-refractivity contribution in [2.24, 2.45) is 0 Å². The number of amides is 1. The van der Waals surface area contributed by atoms with Crippen LogP contribution in [-0.2, 0) is 21.4 Å². The molecule has 0 saturated heterocycles. The Morgan fingerprint density at radius 2 is 2.17 bits per heavy atom. The molecule has 1 heterocycles. The Labute approximate surface area is 151 Å². The third-order valence-corrected chi connectivity index (χ3v) is 6.29. The minimum atomic E-state index is -3.91. The molecule has 0 bridgehead atoms. The topological polar surface area (TPSA) is 118 Å². The molecule has 8 nitrogen and oxygen atoms in total. The van der Waals surface area contributed by atoms with E-state index >= 15 is 0 Å². The normalized spacial score (nSPS) is 11.2. The molecule has 11 heteroatoms. The van der Waals surface area contributed by atoms with E-state index < -0.39 is 10.0 Å². The third kappa shape index (κ3) is 4.23. The first kappa shape index (κ1) is 18.6. The van der Waals surface area contributed by atoms with Gasteiger partial charge >= 0.3 is 0 Å². The molecule has 1 amide bonds. The van der Waals surface area contributed by atoms with Crippen molar-refractivity contribution in [1.82, 2.24) is 4.98 Å². The molecule has 0 fully saturated rings. The van der Waals surface area contributed by atoms with Crippen molar-refractivity contribution >= 4 is 54.0 Å². The van der Waals surface area contributed by atoms with Crippen LogP contribution in [0.3, 0.4) is 0 Å². The zero-order valence-electron chi connectivity index (χ0n) is 12.7. The van der Waals surface area contributed by atoms with Crippen LogP contribution in [0.2, 0.25) is 0 Å². The molecular weight excluding hydrogens is 422 g/mol. The number of aliphatic hydroxyl groups is 1. The molecule has 1 aromatic heterocycles. The van der Waals surface area contributed by atoms with E-state index in [0.717, 1.165) is 17.5 Å². The summed E-state index contributed by atoms with van der Waals surface area (Å²) in [7, 11) is -2.51. The van der Waals surface area contributed by atoms with E-state index in [4.69, 9.17) is 4.74 Å². The molecule has 130 valence electrons. The number of sulfonamides is 1. The van der Waals surface area contributed by atoms with Crippen LogP contribution in [0.15, 0.2) is 27.0 Å². The summed E-state index contributed by atoms with van der Waals surface area (Å²) in [6, 6.07) is 3.02. The number of ether oxygens (including phenoxy) is 1. The van der Waals surface area contributed by atoms with Crippen molar-refractivity contribution < 1.29 is 23.1 Å². The lowest BCUT2D eigenvalue weighted by molar-refractivity contribution is -0.114. The average Bonchev–Trinajstić information content (AvgIpc) is 2.96. The van der Waals surface area contributed by atoms with Gasteiger partial charge in [0, 0.05) is 11.4 Å². The summed E-state index contributed by atoms with van der Waals surface area (Å²) in [4.78, 5) is 14.8. The van der Waals surface area contributed by atoms with Crippen molar-refractivity contribution in [3.8, 4) is 5.75 Å². The Morgan fingerprint density at radius 3 is 2.75 bits per heavy atom. The van der Waals surface area contributed by atoms with Gasteiger partial charge in [0.15, 0.2) is 9.34 Å². The van der Waals surface area contributed by atoms with Crippen molar-refractivity contribution in [1.29, 1.82) is 0 Å². The summed E-state index contributed by atoms with van der Waals surface area (Å²) in [6.45, 7) is 1.08. The Morgan fingerprint density at radius 1 is 1.46 bits per heavy atom. The van der Waals surface area contributed by atoms with Crippen LogP contribution < -0.4 is 14.8 Å². The Hall–Kier alpha value is -1.69. The molecule has 2 rings (SSSR count). The fourth-order valence-corrected chi connectivity index (χ4v) is 4.36. The molecule has 0 unspecified atom stereocenters. The van der Waals surface area contributed by atoms with Crippen LogP contribution in [-0.4, -0.2) is 31.5 Å². The Balaban J connectivity index is 2.33. The molecule has 3 N–H and O–H groups in total. The van der Waals surface area contributed by atoms with Gasteiger partial charge in [-0.1, -0.05) is 27.3 Å². The van der Waals surface area contributed by atoms with Crippen LogP contribution in [0.1, 0.15) is 12.5 Å². The number of halogens is 1. The number of hydrogen-bond donors (Lipinski definition) is 3. The number of thiazole rings is 1. The van der Waals surface area contributed by atoms with E-state index in [-0.39, 0.29) is 33.3 Å². The molecular formula is C13H14BrN3O5S2. The molecule has 2 aromatic rings. The van der Waals surface area contributed by atoms with Crippen LogP contribution >= 0.6 is 27.3 Å². The number of aromatic nitrogens is 1. The number of carbonyl (C=O) groups excluding carboxylic acids is 1. The molecule has 0 radical (unpaired) electrons. The number of anilines is 2. The van der Waals surface area contributed by atoms with Gasteiger partial charge in [-0.3, -0.25) is 9.52 Å². The quantitative estimate of drug-likeness (QED) is 0.639. The first-order chi connectivity index (χ1) is 11.3. The molecule has 0 aliphatic heterocycles. The summed E-state index contributed by atoms with van der Waals surface area (Å²) >= 11 is 4.08. The first-order valence-electron chi connectivity index (χ1n) is 6.50. The van der Waals surface area contributed by atoms with E-state index in [1.54, 1.807) is 0 Å². The average molecular weight is 436 g/mol. The maximum absolute atomic E-state index is 12.5. The van der Waals surface area contributed by atoms with Crippen molar-refractivity contribution in [3.63, 3.8) is 0 Å². The lowest BCUT2D eigenvalue weighted by atomic mass is 10.2. The molecule has 0 saturated carbocycles. The van der Waals surface area contributed by atoms with Gasteiger partial charge in [-0.15, -0.1) is 0 Å². The number of methoxy groups -OCH3 is 1. The second kappa shape index (κ2) is 7.47. The van der Waals surface area contributed by atoms with Gasteiger partial charge in [-0.05, 0) is 17.7 Å². The van der Waals surface area contributed by atoms with Gasteiger partial charge in [-0.2, -0.15) is 0 Å². The van der Waals surface area contributed by atoms with Gasteiger partial charge < -0.3 is 15.2 Å². The minimum absolute atomic E-state index is 0.0596. The number of nitrogens with zero attached hydrogens (tertiary/aromatic N) is 1. The highest BCUT2D eigenvalue weighted by molar-refractivity contribution is 9.10. The Bertz CT molecular complexity index is 866. The Kier molecular flexibility index (Phi) is 5.80. The minimum Gasteiger partial charge on any atom is -0.495 e. The monoisotopic (exact) mass is 435 g/mol. The molecule has 0 atom stereocenters. The molecule has 0 spiro atoms. The lowest BCUT2D eigenvalue weighted by Crippen LogP contribution is -2.12. The maximum Gasteiger partial charge on any atom is 0.273 e. The highest BCUT2D eigenvalue weighted by atomic mass is 79.9. The van der Waals surface area contributed by atoms with E-state index in [2.05, 4.69) is 31.0 Å². The van der Waals surface area contributed by atoms with Gasteiger partial charge in [0.1, 0.15) is 5.75 Å². The summed E-state index contributed by atoms with van der Waals surface area (Å²) < 4.78 is 33.0. The lowest BCUT2D eigenvalue weighted by Gasteiger charge is -2.13. The van der Waals surface area contributed by atoms with E-state index in [0.29, 0.717) is 10.0 Å². The van der Waals surface area contributed by atoms with Crippen LogP contribution in [0.25, 0.3) is 0 Å². The standard InChI is InChI=1S/C13H14BrN3O5S2/c1-7(19)16-13-15-5-12(23-13)24(20,21)17-10-4-9(14)8(6-18)3-11(10)22-2/h3-5,17-18H,6H2,1-2H3,(H,15,16,19). The van der Waals surface area contributed by atoms with Crippen LogP contribution in [0, 0.1) is 0 Å². The maximum atomic E-state index is 12.5. The third-order valence-electron chi connectivity index (χ3n) is 2.82. The highest BCUT2D eigenvalue weighted by Gasteiger charge is 2.21. The summed E-state index contributed by atoms with van der Waals surface area (Å²) in [5.74, 6) is -0.0797. The van der Waals surface area contributed by atoms with Gasteiger partial charge in [0.2, 0.25) is 5.91 Å². The van der Waals surface area contributed by atoms with Gasteiger partial charge in [0.25, 0.3) is 10.0 Å². The zero-order chi connectivity index (χ0) is 17.9. The van der Waals surface area contributed by atoms with Crippen LogP contribution in [0.5, 0.6) is 5.75 Å². The van der Waals surface area contributed by atoms with E-state index in [1.807, 2.05) is 0 Å². The fraction of sp³-hybridized carbons (Fsp3) is 0.231. The van der Waals surface area contributed by atoms with Crippen molar-refractivity contribution in [3.05, 3.63) is 28.4 Å². The largest absolute Gasteiger partial charge is 0.495 e. The predicted octanol–water partition coefficient (Wildman–Crippen LogP) is 2.17. The number of benzene rings is 1. The summed E-state index contributed by atoms with van der Waals surface area (Å²) in [5, 5.41) is 11.9. The predicted molar refractivity (Wildman–Crippen MR) is 93.8 cm³/mol. The first-order valence-corrected chi connectivity index (χ1v) is 9.59. The van der Waals surface area contributed by atoms with Crippen molar-refractivity contribution in [2.75, 3.05) is 17.1 Å². The highest BCUT2D eigenvalue weighted by Crippen LogP contribution is 2.34. The second-order valence-corrected chi connectivity index (χ2v) is 8.37. The molecule has 0 aliphatic rings. The van der Waals surface area contributed by atoms with Gasteiger partial charge in [0.05, 0.1) is 25.6 Å². The van der Waals surface area contributed by atoms with Gasteiger partial charge in [-0.25, -0.2) is 13.4 Å². The second-order valence-electron chi connectivity index (χ2n) is 4.57. The smallest absolute Gasteiger partial charge is 0.273 e. The number of rotatable bonds is 6. The molecule has 0 aliphatic carbocycles. The fourth-order valence-electron chi connectivity index (χ4n) is 1.75. The summed E-state index contributed by atoms with van der Waals surface area (Å²) in [5.41, 5.74) is 0.761. The van der Waals surface area contributed by atoms with E-state index in [9.17, 15) is 18.3 Å². The molecule has 24 heavy (non-hydrogen) atoms. The SMILES string of the molecule is COc1cc(CO)c(Br)cc1NS(=O)(=O)c1cnc(NC(C)=O)s1. The zero-order valence-corrected chi connectivity index (χ0v) is 15.9. The number of carbonyl (C=O) groups is 1. The number of nitrogens with one attached hydrogen (secondary N) is 2. The van der Waals surface area contributed by atoms with Crippen molar-refractivity contribution in [2.45, 2.75) is 17.7 Å². The van der Waals surface area contributed by atoms with E-state index in [1.165, 1.54) is 26.2 Å². The number of hydrogen-bond acceptors (Lipinski definition) is 7. The van der Waals surface area contributed by atoms with Crippen LogP contribution in [0.4, 0.5) is 10.8 Å². The number of aliphatic hydroxyl groups excluding tert-OH is 1.